The van der Waals surface area contributed by atoms with Crippen LogP contribution in [-0.2, 0) is 6.42 Å². The highest BCUT2D eigenvalue weighted by Gasteiger charge is 2.06. The van der Waals surface area contributed by atoms with Crippen molar-refractivity contribution in [2.45, 2.75) is 25.9 Å². The zero-order valence-electron chi connectivity index (χ0n) is 7.43. The van der Waals surface area contributed by atoms with E-state index in [0.717, 1.165) is 12.0 Å². The summed E-state index contributed by atoms with van der Waals surface area (Å²) in [7, 11) is 0. The topological polar surface area (TPSA) is 20.2 Å². The Balaban J connectivity index is 2.77. The van der Waals surface area contributed by atoms with Crippen LogP contribution in [0.15, 0.2) is 18.2 Å². The lowest BCUT2D eigenvalue weighted by molar-refractivity contribution is 0.171. The normalized spacial score (nSPS) is 12.9. The fourth-order valence-corrected chi connectivity index (χ4v) is 1.57. The summed E-state index contributed by atoms with van der Waals surface area (Å²) in [4.78, 5) is 0. The van der Waals surface area contributed by atoms with Crippen LogP contribution in [0, 0.1) is 0 Å². The van der Waals surface area contributed by atoms with Gasteiger partial charge in [-0.15, -0.1) is 0 Å². The molecule has 0 radical (unpaired) electrons. The van der Waals surface area contributed by atoms with E-state index in [2.05, 4.69) is 0 Å². The second kappa shape index (κ2) is 4.85. The standard InChI is InChI=1S/C10H12Cl2O/c1-2-9(13)5-7-3-4-8(11)6-10(7)12/h3-4,6,9,13H,2,5H2,1H3. The van der Waals surface area contributed by atoms with Gasteiger partial charge < -0.3 is 5.11 Å². The van der Waals surface area contributed by atoms with Crippen molar-refractivity contribution in [1.82, 2.24) is 0 Å². The second-order valence-corrected chi connectivity index (χ2v) is 3.85. The molecule has 0 amide bonds. The molecule has 0 aromatic heterocycles. The molecule has 1 aromatic rings. The van der Waals surface area contributed by atoms with Gasteiger partial charge >= 0.3 is 0 Å². The van der Waals surface area contributed by atoms with Gasteiger partial charge in [-0.3, -0.25) is 0 Å². The molecule has 0 fully saturated rings. The van der Waals surface area contributed by atoms with Crippen molar-refractivity contribution in [3.8, 4) is 0 Å². The predicted octanol–water partition coefficient (Wildman–Crippen LogP) is 3.31. The Bertz CT molecular complexity index is 286. The summed E-state index contributed by atoms with van der Waals surface area (Å²) in [5.41, 5.74) is 0.945. The molecule has 1 atom stereocenters. The Labute approximate surface area is 88.3 Å². The molecule has 72 valence electrons. The van der Waals surface area contributed by atoms with E-state index in [1.807, 2.05) is 13.0 Å². The number of hydrogen-bond donors (Lipinski definition) is 1. The lowest BCUT2D eigenvalue weighted by atomic mass is 10.1. The molecule has 0 heterocycles. The fraction of sp³-hybridized carbons (Fsp3) is 0.400. The highest BCUT2D eigenvalue weighted by Crippen LogP contribution is 2.22. The van der Waals surface area contributed by atoms with Gasteiger partial charge in [0.25, 0.3) is 0 Å². The van der Waals surface area contributed by atoms with Gasteiger partial charge in [0.1, 0.15) is 0 Å². The van der Waals surface area contributed by atoms with Gasteiger partial charge in [0.05, 0.1) is 6.10 Å². The minimum absolute atomic E-state index is 0.321. The molecular weight excluding hydrogens is 207 g/mol. The van der Waals surface area contributed by atoms with Crippen LogP contribution in [0.2, 0.25) is 10.0 Å². The van der Waals surface area contributed by atoms with Gasteiger partial charge in [-0.2, -0.15) is 0 Å². The number of aliphatic hydroxyl groups is 1. The second-order valence-electron chi connectivity index (χ2n) is 3.00. The first-order valence-corrected chi connectivity index (χ1v) is 5.01. The minimum atomic E-state index is -0.321. The van der Waals surface area contributed by atoms with E-state index in [1.165, 1.54) is 0 Å². The molecule has 0 aliphatic rings. The molecule has 0 aliphatic carbocycles. The van der Waals surface area contributed by atoms with Crippen LogP contribution >= 0.6 is 23.2 Å². The third-order valence-electron chi connectivity index (χ3n) is 1.94. The molecule has 1 unspecified atom stereocenters. The van der Waals surface area contributed by atoms with E-state index < -0.39 is 0 Å². The van der Waals surface area contributed by atoms with Crippen LogP contribution in [0.3, 0.4) is 0 Å². The van der Waals surface area contributed by atoms with Gasteiger partial charge in [-0.05, 0) is 30.5 Å². The van der Waals surface area contributed by atoms with E-state index in [9.17, 15) is 5.11 Å². The zero-order chi connectivity index (χ0) is 9.84. The average molecular weight is 219 g/mol. The van der Waals surface area contributed by atoms with Gasteiger partial charge in [-0.1, -0.05) is 36.2 Å². The first-order chi connectivity index (χ1) is 6.13. The molecule has 0 saturated carbocycles. The summed E-state index contributed by atoms with van der Waals surface area (Å²) in [6.45, 7) is 1.94. The first kappa shape index (κ1) is 10.8. The number of hydrogen-bond acceptors (Lipinski definition) is 1. The quantitative estimate of drug-likeness (QED) is 0.826. The highest BCUT2D eigenvalue weighted by molar-refractivity contribution is 6.35. The van der Waals surface area contributed by atoms with E-state index >= 15 is 0 Å². The molecule has 1 nitrogen and oxygen atoms in total. The maximum absolute atomic E-state index is 9.41. The largest absolute Gasteiger partial charge is 0.393 e. The van der Waals surface area contributed by atoms with Gasteiger partial charge in [0, 0.05) is 10.0 Å². The summed E-state index contributed by atoms with van der Waals surface area (Å²) in [5.74, 6) is 0. The Kier molecular flexibility index (Phi) is 4.04. The van der Waals surface area contributed by atoms with Gasteiger partial charge in [0.15, 0.2) is 0 Å². The average Bonchev–Trinajstić information content (AvgIpc) is 2.09. The third kappa shape index (κ3) is 3.18. The molecule has 0 saturated heterocycles. The Morgan fingerprint density at radius 3 is 2.62 bits per heavy atom. The van der Waals surface area contributed by atoms with Crippen LogP contribution in [0.25, 0.3) is 0 Å². The smallest absolute Gasteiger partial charge is 0.0578 e. The van der Waals surface area contributed by atoms with E-state index in [4.69, 9.17) is 23.2 Å². The number of benzene rings is 1. The monoisotopic (exact) mass is 218 g/mol. The fourth-order valence-electron chi connectivity index (χ4n) is 1.09. The number of halogens is 2. The Hall–Kier alpha value is -0.240. The van der Waals surface area contributed by atoms with Crippen LogP contribution in [0.4, 0.5) is 0 Å². The van der Waals surface area contributed by atoms with Crippen molar-refractivity contribution in [1.29, 1.82) is 0 Å². The SMILES string of the molecule is CCC(O)Cc1ccc(Cl)cc1Cl. The summed E-state index contributed by atoms with van der Waals surface area (Å²) in [5, 5.41) is 10.7. The van der Waals surface area contributed by atoms with Crippen molar-refractivity contribution < 1.29 is 5.11 Å². The summed E-state index contributed by atoms with van der Waals surface area (Å²) < 4.78 is 0. The summed E-state index contributed by atoms with van der Waals surface area (Å²) in [6, 6.07) is 5.33. The van der Waals surface area contributed by atoms with Crippen molar-refractivity contribution in [3.63, 3.8) is 0 Å². The van der Waals surface area contributed by atoms with E-state index in [1.54, 1.807) is 12.1 Å². The molecule has 1 aromatic carbocycles. The Morgan fingerprint density at radius 1 is 1.38 bits per heavy atom. The molecule has 13 heavy (non-hydrogen) atoms. The van der Waals surface area contributed by atoms with Gasteiger partial charge in [0.2, 0.25) is 0 Å². The molecule has 0 spiro atoms. The van der Waals surface area contributed by atoms with Crippen molar-refractivity contribution >= 4 is 23.2 Å². The minimum Gasteiger partial charge on any atom is -0.393 e. The van der Waals surface area contributed by atoms with E-state index in [-0.39, 0.29) is 6.10 Å². The predicted molar refractivity (Wildman–Crippen MR) is 56.5 cm³/mol. The van der Waals surface area contributed by atoms with Crippen molar-refractivity contribution in [2.75, 3.05) is 0 Å². The highest BCUT2D eigenvalue weighted by atomic mass is 35.5. The zero-order valence-corrected chi connectivity index (χ0v) is 8.94. The first-order valence-electron chi connectivity index (χ1n) is 4.25. The molecule has 1 rings (SSSR count). The summed E-state index contributed by atoms with van der Waals surface area (Å²) >= 11 is 11.7. The van der Waals surface area contributed by atoms with Crippen LogP contribution in [0.1, 0.15) is 18.9 Å². The van der Waals surface area contributed by atoms with Crippen molar-refractivity contribution in [3.05, 3.63) is 33.8 Å². The molecule has 0 bridgehead atoms. The lowest BCUT2D eigenvalue weighted by Crippen LogP contribution is -2.08. The molecule has 1 N–H and O–H groups in total. The van der Waals surface area contributed by atoms with E-state index in [0.29, 0.717) is 16.5 Å². The van der Waals surface area contributed by atoms with Crippen LogP contribution in [0.5, 0.6) is 0 Å². The molecule has 3 heteroatoms. The van der Waals surface area contributed by atoms with Gasteiger partial charge in [-0.25, -0.2) is 0 Å². The Morgan fingerprint density at radius 2 is 2.08 bits per heavy atom. The number of rotatable bonds is 3. The van der Waals surface area contributed by atoms with Crippen LogP contribution < -0.4 is 0 Å². The summed E-state index contributed by atoms with van der Waals surface area (Å²) in [6.07, 6.45) is 1.00. The third-order valence-corrected chi connectivity index (χ3v) is 2.53. The van der Waals surface area contributed by atoms with Crippen molar-refractivity contribution in [2.24, 2.45) is 0 Å². The maximum Gasteiger partial charge on any atom is 0.0578 e. The maximum atomic E-state index is 9.41. The number of aliphatic hydroxyl groups excluding tert-OH is 1. The molecule has 0 aliphatic heterocycles. The lowest BCUT2D eigenvalue weighted by Gasteiger charge is -2.09. The molecular formula is C10H12Cl2O. The van der Waals surface area contributed by atoms with Crippen LogP contribution in [-0.4, -0.2) is 11.2 Å².